The molecule has 0 radical (unpaired) electrons. The smallest absolute Gasteiger partial charge is 0.336 e. The Balaban J connectivity index is 3.13. The second kappa shape index (κ2) is 3.87. The Morgan fingerprint density at radius 3 is 2.64 bits per heavy atom. The monoisotopic (exact) mass is 194 g/mol. The molecule has 0 fully saturated rings. The molecule has 0 aliphatic rings. The molecule has 1 heterocycles. The first-order chi connectivity index (χ1) is 6.52. The van der Waals surface area contributed by atoms with Crippen LogP contribution in [0.5, 0.6) is 0 Å². The largest absolute Gasteiger partial charge is 0.478 e. The average Bonchev–Trinajstić information content (AvgIpc) is 2.07. The summed E-state index contributed by atoms with van der Waals surface area (Å²) in [5, 5.41) is 11.2. The number of amides is 1. The Kier molecular flexibility index (Phi) is 2.81. The summed E-state index contributed by atoms with van der Waals surface area (Å²) in [6.45, 7) is 2.94. The molecule has 0 bridgehead atoms. The van der Waals surface area contributed by atoms with E-state index in [2.05, 4.69) is 10.3 Å². The first-order valence-electron chi connectivity index (χ1n) is 3.99. The lowest BCUT2D eigenvalue weighted by molar-refractivity contribution is -0.114. The van der Waals surface area contributed by atoms with Crippen LogP contribution in [0.15, 0.2) is 12.3 Å². The topological polar surface area (TPSA) is 79.3 Å². The number of hydrogen-bond acceptors (Lipinski definition) is 3. The van der Waals surface area contributed by atoms with Crippen molar-refractivity contribution in [2.75, 3.05) is 5.32 Å². The van der Waals surface area contributed by atoms with Crippen LogP contribution in [0.25, 0.3) is 0 Å². The number of carbonyl (C=O) groups is 2. The Hall–Kier alpha value is -1.91. The van der Waals surface area contributed by atoms with Gasteiger partial charge in [0.1, 0.15) is 5.82 Å². The minimum Gasteiger partial charge on any atom is -0.478 e. The number of pyridine rings is 1. The molecule has 2 N–H and O–H groups in total. The van der Waals surface area contributed by atoms with Crippen molar-refractivity contribution in [1.82, 2.24) is 4.98 Å². The number of aromatic nitrogens is 1. The van der Waals surface area contributed by atoms with E-state index in [9.17, 15) is 9.59 Å². The fourth-order valence-corrected chi connectivity index (χ4v) is 1.06. The van der Waals surface area contributed by atoms with Crippen LogP contribution in [0.2, 0.25) is 0 Å². The van der Waals surface area contributed by atoms with Gasteiger partial charge in [0.15, 0.2) is 0 Å². The lowest BCUT2D eigenvalue weighted by Crippen LogP contribution is -2.11. The molecule has 1 amide bonds. The fraction of sp³-hybridized carbons (Fsp3) is 0.222. The second-order valence-corrected chi connectivity index (χ2v) is 2.82. The molecular weight excluding hydrogens is 184 g/mol. The zero-order valence-corrected chi connectivity index (χ0v) is 7.87. The van der Waals surface area contributed by atoms with Gasteiger partial charge in [0.05, 0.1) is 5.56 Å². The first kappa shape index (κ1) is 10.2. The molecule has 74 valence electrons. The number of hydrogen-bond donors (Lipinski definition) is 2. The highest BCUT2D eigenvalue weighted by Gasteiger charge is 2.11. The van der Waals surface area contributed by atoms with Gasteiger partial charge in [-0.15, -0.1) is 0 Å². The Labute approximate surface area is 80.8 Å². The third-order valence-corrected chi connectivity index (χ3v) is 1.73. The molecule has 5 nitrogen and oxygen atoms in total. The number of carboxylic acids is 1. The Morgan fingerprint density at radius 2 is 2.14 bits per heavy atom. The number of nitrogens with one attached hydrogen (secondary N) is 1. The molecule has 0 saturated heterocycles. The first-order valence-corrected chi connectivity index (χ1v) is 3.99. The van der Waals surface area contributed by atoms with Crippen LogP contribution in [0.4, 0.5) is 5.82 Å². The molecule has 0 aromatic carbocycles. The van der Waals surface area contributed by atoms with Crippen LogP contribution >= 0.6 is 0 Å². The third kappa shape index (κ3) is 2.07. The van der Waals surface area contributed by atoms with Crippen molar-refractivity contribution in [3.63, 3.8) is 0 Å². The summed E-state index contributed by atoms with van der Waals surface area (Å²) in [5.74, 6) is -1.02. The molecule has 0 saturated carbocycles. The molecule has 1 aromatic heterocycles. The van der Waals surface area contributed by atoms with E-state index in [1.54, 1.807) is 6.92 Å². The Morgan fingerprint density at radius 1 is 1.50 bits per heavy atom. The lowest BCUT2D eigenvalue weighted by Gasteiger charge is -2.06. The molecule has 0 aliphatic heterocycles. The summed E-state index contributed by atoms with van der Waals surface area (Å²) < 4.78 is 0. The number of aromatic carboxylic acids is 1. The van der Waals surface area contributed by atoms with Crippen molar-refractivity contribution < 1.29 is 14.7 Å². The highest BCUT2D eigenvalue weighted by atomic mass is 16.4. The maximum Gasteiger partial charge on any atom is 0.336 e. The van der Waals surface area contributed by atoms with E-state index in [1.807, 2.05) is 0 Å². The van der Waals surface area contributed by atoms with E-state index in [4.69, 9.17) is 5.11 Å². The maximum absolute atomic E-state index is 10.7. The second-order valence-electron chi connectivity index (χ2n) is 2.82. The number of carbonyl (C=O) groups excluding carboxylic acids is 1. The average molecular weight is 194 g/mol. The molecule has 1 aromatic rings. The molecule has 0 spiro atoms. The third-order valence-electron chi connectivity index (χ3n) is 1.73. The number of carboxylic acid groups (broad SMARTS) is 1. The van der Waals surface area contributed by atoms with Crippen molar-refractivity contribution in [3.05, 3.63) is 23.4 Å². The molecule has 5 heteroatoms. The van der Waals surface area contributed by atoms with Gasteiger partial charge >= 0.3 is 5.97 Å². The quantitative estimate of drug-likeness (QED) is 0.737. The van der Waals surface area contributed by atoms with E-state index >= 15 is 0 Å². The summed E-state index contributed by atoms with van der Waals surface area (Å²) >= 11 is 0. The van der Waals surface area contributed by atoms with Crippen LogP contribution in [-0.2, 0) is 4.79 Å². The van der Waals surface area contributed by atoms with Crippen LogP contribution in [0, 0.1) is 6.92 Å². The lowest BCUT2D eigenvalue weighted by atomic mass is 10.1. The highest BCUT2D eigenvalue weighted by Crippen LogP contribution is 2.15. The summed E-state index contributed by atoms with van der Waals surface area (Å²) in [6.07, 6.45) is 1.35. The van der Waals surface area contributed by atoms with Gasteiger partial charge in [-0.25, -0.2) is 9.78 Å². The molecular formula is C9H10N2O3. The molecule has 0 unspecified atom stereocenters. The predicted molar refractivity (Wildman–Crippen MR) is 50.2 cm³/mol. The SMILES string of the molecule is CC(=O)Nc1nccc(C(=O)O)c1C. The standard InChI is InChI=1S/C9H10N2O3/c1-5-7(9(13)14)3-4-10-8(5)11-6(2)12/h3-4H,1-2H3,(H,13,14)(H,10,11,12). The van der Waals surface area contributed by atoms with Crippen molar-refractivity contribution >= 4 is 17.7 Å². The maximum atomic E-state index is 10.7. The molecule has 14 heavy (non-hydrogen) atoms. The van der Waals surface area contributed by atoms with Gasteiger partial charge in [-0.1, -0.05) is 0 Å². The highest BCUT2D eigenvalue weighted by molar-refractivity contribution is 5.94. The summed E-state index contributed by atoms with van der Waals surface area (Å²) in [6, 6.07) is 1.39. The van der Waals surface area contributed by atoms with Gasteiger partial charge in [0.2, 0.25) is 5.91 Å². The van der Waals surface area contributed by atoms with E-state index in [0.717, 1.165) is 0 Å². The number of rotatable bonds is 2. The van der Waals surface area contributed by atoms with E-state index in [0.29, 0.717) is 5.56 Å². The normalized spacial score (nSPS) is 9.57. The van der Waals surface area contributed by atoms with Crippen molar-refractivity contribution in [3.8, 4) is 0 Å². The van der Waals surface area contributed by atoms with Crippen LogP contribution in [0.3, 0.4) is 0 Å². The van der Waals surface area contributed by atoms with Gasteiger partial charge in [-0.05, 0) is 13.0 Å². The zero-order valence-electron chi connectivity index (χ0n) is 7.87. The van der Waals surface area contributed by atoms with Crippen molar-refractivity contribution in [2.24, 2.45) is 0 Å². The van der Waals surface area contributed by atoms with Crippen molar-refractivity contribution in [2.45, 2.75) is 13.8 Å². The molecule has 1 rings (SSSR count). The van der Waals surface area contributed by atoms with Gasteiger partial charge in [-0.3, -0.25) is 4.79 Å². The van der Waals surface area contributed by atoms with E-state index < -0.39 is 5.97 Å². The van der Waals surface area contributed by atoms with Crippen molar-refractivity contribution in [1.29, 1.82) is 0 Å². The van der Waals surface area contributed by atoms with Gasteiger partial charge in [-0.2, -0.15) is 0 Å². The van der Waals surface area contributed by atoms with Gasteiger partial charge in [0, 0.05) is 18.7 Å². The summed E-state index contributed by atoms with van der Waals surface area (Å²) in [5.41, 5.74) is 0.596. The minimum atomic E-state index is -1.03. The van der Waals surface area contributed by atoms with E-state index in [1.165, 1.54) is 19.2 Å². The van der Waals surface area contributed by atoms with Gasteiger partial charge in [0.25, 0.3) is 0 Å². The van der Waals surface area contributed by atoms with E-state index in [-0.39, 0.29) is 17.3 Å². The van der Waals surface area contributed by atoms with Gasteiger partial charge < -0.3 is 10.4 Å². The van der Waals surface area contributed by atoms with Crippen LogP contribution in [0.1, 0.15) is 22.8 Å². The predicted octanol–water partition coefficient (Wildman–Crippen LogP) is 1.05. The summed E-state index contributed by atoms with van der Waals surface area (Å²) in [4.78, 5) is 25.3. The van der Waals surface area contributed by atoms with Crippen LogP contribution < -0.4 is 5.32 Å². The Bertz CT molecular complexity index is 388. The molecule has 0 atom stereocenters. The summed E-state index contributed by atoms with van der Waals surface area (Å²) in [7, 11) is 0. The molecule has 0 aliphatic carbocycles. The zero-order chi connectivity index (χ0) is 10.7. The van der Waals surface area contributed by atoms with Crippen LogP contribution in [-0.4, -0.2) is 22.0 Å². The number of nitrogens with zero attached hydrogens (tertiary/aromatic N) is 1. The number of anilines is 1. The fourth-order valence-electron chi connectivity index (χ4n) is 1.06. The minimum absolute atomic E-state index is 0.142.